The van der Waals surface area contributed by atoms with E-state index in [4.69, 9.17) is 23.2 Å². The summed E-state index contributed by atoms with van der Waals surface area (Å²) < 4.78 is 13.3. The molecule has 0 saturated heterocycles. The molecule has 2 heterocycles. The summed E-state index contributed by atoms with van der Waals surface area (Å²) in [5.41, 5.74) is 2.47. The van der Waals surface area contributed by atoms with Gasteiger partial charge in [-0.2, -0.15) is 0 Å². The fraction of sp³-hybridized carbons (Fsp3) is 0.0909. The van der Waals surface area contributed by atoms with Gasteiger partial charge in [0.1, 0.15) is 17.1 Å². The number of phenols is 1. The van der Waals surface area contributed by atoms with Crippen molar-refractivity contribution in [2.75, 3.05) is 0 Å². The number of halogens is 3. The number of hydrogen-bond donors (Lipinski definition) is 1. The Bertz CT molecular complexity index is 1130. The molecule has 6 heteroatoms. The van der Waals surface area contributed by atoms with Crippen LogP contribution in [0, 0.1) is 5.82 Å². The summed E-state index contributed by atoms with van der Waals surface area (Å²) in [7, 11) is 0. The molecule has 0 aliphatic carbocycles. The lowest BCUT2D eigenvalue weighted by Gasteiger charge is -2.22. The minimum atomic E-state index is -0.408. The second kappa shape index (κ2) is 7.74. The lowest BCUT2D eigenvalue weighted by Crippen LogP contribution is -2.09. The lowest BCUT2D eigenvalue weighted by molar-refractivity contribution is 0.469. The summed E-state index contributed by atoms with van der Waals surface area (Å²) in [6.45, 7) is 0. The molecule has 140 valence electrons. The first kappa shape index (κ1) is 18.7. The van der Waals surface area contributed by atoms with Crippen LogP contribution in [-0.2, 0) is 6.42 Å². The van der Waals surface area contributed by atoms with Crippen molar-refractivity contribution in [1.29, 1.82) is 0 Å². The SMILES string of the molecule is Oc1c(C(Cc2ccc(F)cn2)c2c(Cl)cccc2Cl)ccc2cccnc12. The summed E-state index contributed by atoms with van der Waals surface area (Å²) in [5, 5.41) is 12.8. The van der Waals surface area contributed by atoms with Gasteiger partial charge in [0.05, 0.1) is 6.20 Å². The Balaban J connectivity index is 1.90. The second-order valence-corrected chi connectivity index (χ2v) is 7.25. The number of hydrogen-bond acceptors (Lipinski definition) is 3. The maximum absolute atomic E-state index is 13.3. The first-order valence-electron chi connectivity index (χ1n) is 8.65. The normalized spacial score (nSPS) is 12.2. The molecule has 4 rings (SSSR count). The predicted octanol–water partition coefficient (Wildman–Crippen LogP) is 6.16. The molecule has 2 aromatic heterocycles. The van der Waals surface area contributed by atoms with Gasteiger partial charge in [-0.15, -0.1) is 0 Å². The second-order valence-electron chi connectivity index (χ2n) is 6.44. The molecular formula is C22H15Cl2FN2O. The summed E-state index contributed by atoms with van der Waals surface area (Å²) in [6.07, 6.45) is 3.18. The van der Waals surface area contributed by atoms with E-state index < -0.39 is 5.82 Å². The monoisotopic (exact) mass is 412 g/mol. The van der Waals surface area contributed by atoms with Gasteiger partial charge in [0, 0.05) is 45.2 Å². The van der Waals surface area contributed by atoms with Crippen LogP contribution in [0.15, 0.2) is 67.0 Å². The number of fused-ring (bicyclic) bond motifs is 1. The van der Waals surface area contributed by atoms with Crippen molar-refractivity contribution in [3.8, 4) is 5.75 Å². The van der Waals surface area contributed by atoms with Gasteiger partial charge in [-0.05, 0) is 35.9 Å². The zero-order chi connectivity index (χ0) is 19.7. The maximum Gasteiger partial charge on any atom is 0.145 e. The van der Waals surface area contributed by atoms with E-state index in [1.54, 1.807) is 30.5 Å². The van der Waals surface area contributed by atoms with Gasteiger partial charge >= 0.3 is 0 Å². The van der Waals surface area contributed by atoms with E-state index in [2.05, 4.69) is 9.97 Å². The predicted molar refractivity (Wildman–Crippen MR) is 110 cm³/mol. The van der Waals surface area contributed by atoms with Crippen molar-refractivity contribution in [3.05, 3.63) is 99.7 Å². The first-order valence-corrected chi connectivity index (χ1v) is 9.41. The number of rotatable bonds is 4. The fourth-order valence-electron chi connectivity index (χ4n) is 3.37. The molecule has 0 fully saturated rings. The van der Waals surface area contributed by atoms with Gasteiger partial charge < -0.3 is 5.11 Å². The number of benzene rings is 2. The number of nitrogens with zero attached hydrogens (tertiary/aromatic N) is 2. The van der Waals surface area contributed by atoms with Gasteiger partial charge in [-0.3, -0.25) is 9.97 Å². The molecule has 0 spiro atoms. The Kier molecular flexibility index (Phi) is 5.16. The van der Waals surface area contributed by atoms with Crippen molar-refractivity contribution >= 4 is 34.1 Å². The molecule has 0 bridgehead atoms. The molecule has 0 aliphatic heterocycles. The summed E-state index contributed by atoms with van der Waals surface area (Å²) in [5.74, 6) is -0.722. The molecular weight excluding hydrogens is 398 g/mol. The van der Waals surface area contributed by atoms with Crippen LogP contribution in [0.25, 0.3) is 10.9 Å². The number of aromatic hydroxyl groups is 1. The summed E-state index contributed by atoms with van der Waals surface area (Å²) in [6, 6.07) is 15.7. The summed E-state index contributed by atoms with van der Waals surface area (Å²) in [4.78, 5) is 8.46. The van der Waals surface area contributed by atoms with Gasteiger partial charge in [0.15, 0.2) is 0 Å². The van der Waals surface area contributed by atoms with Gasteiger partial charge in [0.2, 0.25) is 0 Å². The van der Waals surface area contributed by atoms with E-state index in [0.29, 0.717) is 38.8 Å². The molecule has 2 aromatic carbocycles. The Morgan fingerprint density at radius 2 is 1.71 bits per heavy atom. The number of pyridine rings is 2. The summed E-state index contributed by atoms with van der Waals surface area (Å²) >= 11 is 12.9. The lowest BCUT2D eigenvalue weighted by atomic mass is 9.86. The number of phenolic OH excluding ortho intramolecular Hbond substituents is 1. The Morgan fingerprint density at radius 3 is 2.43 bits per heavy atom. The highest BCUT2D eigenvalue weighted by Gasteiger charge is 2.25. The highest BCUT2D eigenvalue weighted by molar-refractivity contribution is 6.36. The molecule has 1 N–H and O–H groups in total. The van der Waals surface area contributed by atoms with Gasteiger partial charge in [-0.1, -0.05) is 47.5 Å². The first-order chi connectivity index (χ1) is 13.5. The van der Waals surface area contributed by atoms with Crippen LogP contribution < -0.4 is 0 Å². The van der Waals surface area contributed by atoms with Crippen LogP contribution >= 0.6 is 23.2 Å². The van der Waals surface area contributed by atoms with Crippen LogP contribution in [0.4, 0.5) is 4.39 Å². The van der Waals surface area contributed by atoms with E-state index in [-0.39, 0.29) is 11.7 Å². The average molecular weight is 413 g/mol. The van der Waals surface area contributed by atoms with E-state index in [0.717, 1.165) is 5.39 Å². The third kappa shape index (κ3) is 3.53. The van der Waals surface area contributed by atoms with E-state index >= 15 is 0 Å². The Hall–Kier alpha value is -2.69. The third-order valence-electron chi connectivity index (χ3n) is 4.70. The Labute approximate surface area is 171 Å². The van der Waals surface area contributed by atoms with Gasteiger partial charge in [0.25, 0.3) is 0 Å². The molecule has 3 nitrogen and oxygen atoms in total. The van der Waals surface area contributed by atoms with Crippen LogP contribution in [0.3, 0.4) is 0 Å². The van der Waals surface area contributed by atoms with Crippen molar-refractivity contribution in [2.24, 2.45) is 0 Å². The molecule has 1 unspecified atom stereocenters. The third-order valence-corrected chi connectivity index (χ3v) is 5.36. The maximum atomic E-state index is 13.3. The number of aromatic nitrogens is 2. The quantitative estimate of drug-likeness (QED) is 0.436. The molecule has 0 amide bonds. The molecule has 28 heavy (non-hydrogen) atoms. The molecule has 0 aliphatic rings. The topological polar surface area (TPSA) is 46.0 Å². The molecule has 1 atom stereocenters. The molecule has 4 aromatic rings. The average Bonchev–Trinajstić information content (AvgIpc) is 2.69. The van der Waals surface area contributed by atoms with Crippen LogP contribution in [-0.4, -0.2) is 15.1 Å². The fourth-order valence-corrected chi connectivity index (χ4v) is 4.03. The highest BCUT2D eigenvalue weighted by Crippen LogP contribution is 2.42. The van der Waals surface area contributed by atoms with Crippen molar-refractivity contribution in [1.82, 2.24) is 9.97 Å². The zero-order valence-corrected chi connectivity index (χ0v) is 16.1. The van der Waals surface area contributed by atoms with Crippen LogP contribution in [0.2, 0.25) is 10.0 Å². The van der Waals surface area contributed by atoms with Crippen LogP contribution in [0.1, 0.15) is 22.7 Å². The Morgan fingerprint density at radius 1 is 0.929 bits per heavy atom. The van der Waals surface area contributed by atoms with Crippen LogP contribution in [0.5, 0.6) is 5.75 Å². The van der Waals surface area contributed by atoms with Crippen molar-refractivity contribution in [2.45, 2.75) is 12.3 Å². The van der Waals surface area contributed by atoms with E-state index in [1.165, 1.54) is 12.3 Å². The smallest absolute Gasteiger partial charge is 0.145 e. The molecule has 0 saturated carbocycles. The largest absolute Gasteiger partial charge is 0.505 e. The standard InChI is InChI=1S/C22H15Cl2FN2O/c23-18-4-1-5-19(24)20(18)17(11-15-8-7-14(25)12-27-15)16-9-6-13-3-2-10-26-21(13)22(16)28/h1-10,12,17,28H,11H2. The minimum Gasteiger partial charge on any atom is -0.505 e. The van der Waals surface area contributed by atoms with Crippen molar-refractivity contribution in [3.63, 3.8) is 0 Å². The minimum absolute atomic E-state index is 0.0706. The van der Waals surface area contributed by atoms with E-state index in [1.807, 2.05) is 24.3 Å². The highest BCUT2D eigenvalue weighted by atomic mass is 35.5. The van der Waals surface area contributed by atoms with Crippen molar-refractivity contribution < 1.29 is 9.50 Å². The molecule has 0 radical (unpaired) electrons. The van der Waals surface area contributed by atoms with Gasteiger partial charge in [-0.25, -0.2) is 4.39 Å². The van der Waals surface area contributed by atoms with E-state index in [9.17, 15) is 9.50 Å². The zero-order valence-electron chi connectivity index (χ0n) is 14.6.